The second kappa shape index (κ2) is 5.48. The van der Waals surface area contributed by atoms with E-state index in [1.807, 2.05) is 18.4 Å². The van der Waals surface area contributed by atoms with Gasteiger partial charge in [-0.25, -0.2) is 0 Å². The van der Waals surface area contributed by atoms with E-state index in [0.717, 1.165) is 13.0 Å². The van der Waals surface area contributed by atoms with E-state index < -0.39 is 0 Å². The minimum Gasteiger partial charge on any atom is -0.319 e. The maximum absolute atomic E-state index is 3.19. The molecule has 1 aromatic heterocycles. The molecule has 2 rings (SSSR count). The van der Waals surface area contributed by atoms with Gasteiger partial charge in [0.25, 0.3) is 0 Å². The average Bonchev–Trinajstić information content (AvgIpc) is 2.79. The number of thiophene rings is 1. The molecule has 0 fully saturated rings. The number of rotatable bonds is 4. The van der Waals surface area contributed by atoms with Crippen LogP contribution in [0.2, 0.25) is 0 Å². The summed E-state index contributed by atoms with van der Waals surface area (Å²) in [6, 6.07) is 9.02. The van der Waals surface area contributed by atoms with Crippen molar-refractivity contribution in [1.82, 2.24) is 5.32 Å². The van der Waals surface area contributed by atoms with Crippen molar-refractivity contribution in [2.45, 2.75) is 20.3 Å². The van der Waals surface area contributed by atoms with Crippen LogP contribution in [0.3, 0.4) is 0 Å². The van der Waals surface area contributed by atoms with Crippen LogP contribution in [0.25, 0.3) is 10.4 Å². The van der Waals surface area contributed by atoms with Gasteiger partial charge >= 0.3 is 0 Å². The van der Waals surface area contributed by atoms with Gasteiger partial charge in [-0.2, -0.15) is 0 Å². The molecule has 0 aliphatic heterocycles. The van der Waals surface area contributed by atoms with Crippen LogP contribution in [0.1, 0.15) is 16.7 Å². The molecule has 0 unspecified atom stereocenters. The van der Waals surface area contributed by atoms with Crippen LogP contribution in [0, 0.1) is 13.8 Å². The first-order valence-corrected chi connectivity index (χ1v) is 6.88. The van der Waals surface area contributed by atoms with Crippen LogP contribution >= 0.6 is 11.3 Å². The van der Waals surface area contributed by atoms with Crippen LogP contribution in [0.5, 0.6) is 0 Å². The molecular formula is C15H19NS. The summed E-state index contributed by atoms with van der Waals surface area (Å²) >= 11 is 1.84. The molecule has 0 aliphatic carbocycles. The van der Waals surface area contributed by atoms with Crippen molar-refractivity contribution < 1.29 is 0 Å². The monoisotopic (exact) mass is 245 g/mol. The Morgan fingerprint density at radius 2 is 1.94 bits per heavy atom. The Hall–Kier alpha value is -1.12. The highest BCUT2D eigenvalue weighted by Crippen LogP contribution is 2.28. The standard InChI is InChI=1S/C15H19NS/c1-11-4-5-14(8-12(11)2)15-9-13(10-17-15)6-7-16-3/h4-5,8-10,16H,6-7H2,1-3H3. The fraction of sp³-hybridized carbons (Fsp3) is 0.333. The third-order valence-electron chi connectivity index (χ3n) is 3.11. The van der Waals surface area contributed by atoms with Gasteiger partial charge < -0.3 is 5.32 Å². The number of hydrogen-bond acceptors (Lipinski definition) is 2. The van der Waals surface area contributed by atoms with E-state index in [-0.39, 0.29) is 0 Å². The molecule has 0 saturated carbocycles. The summed E-state index contributed by atoms with van der Waals surface area (Å²) in [5.41, 5.74) is 5.50. The lowest BCUT2D eigenvalue weighted by molar-refractivity contribution is 0.793. The molecule has 1 nitrogen and oxygen atoms in total. The zero-order valence-electron chi connectivity index (χ0n) is 10.7. The summed E-state index contributed by atoms with van der Waals surface area (Å²) in [5, 5.41) is 5.45. The highest BCUT2D eigenvalue weighted by molar-refractivity contribution is 7.13. The number of aryl methyl sites for hydroxylation is 2. The van der Waals surface area contributed by atoms with Gasteiger partial charge in [-0.3, -0.25) is 0 Å². The molecule has 1 heterocycles. The van der Waals surface area contributed by atoms with Crippen molar-refractivity contribution in [3.8, 4) is 10.4 Å². The van der Waals surface area contributed by atoms with Crippen molar-refractivity contribution in [2.75, 3.05) is 13.6 Å². The normalized spacial score (nSPS) is 10.8. The van der Waals surface area contributed by atoms with Gasteiger partial charge in [0.1, 0.15) is 0 Å². The first kappa shape index (κ1) is 12.3. The zero-order chi connectivity index (χ0) is 12.3. The highest BCUT2D eigenvalue weighted by atomic mass is 32.1. The second-order valence-electron chi connectivity index (χ2n) is 4.47. The largest absolute Gasteiger partial charge is 0.319 e. The van der Waals surface area contributed by atoms with Gasteiger partial charge in [0.05, 0.1) is 0 Å². The molecule has 0 saturated heterocycles. The van der Waals surface area contributed by atoms with Gasteiger partial charge in [0, 0.05) is 4.88 Å². The Bertz CT molecular complexity index is 499. The van der Waals surface area contributed by atoms with Crippen LogP contribution in [0.15, 0.2) is 29.6 Å². The van der Waals surface area contributed by atoms with Crippen LogP contribution < -0.4 is 5.32 Å². The van der Waals surface area contributed by atoms with E-state index in [2.05, 4.69) is 48.8 Å². The quantitative estimate of drug-likeness (QED) is 0.864. The van der Waals surface area contributed by atoms with Crippen molar-refractivity contribution in [3.63, 3.8) is 0 Å². The molecule has 1 N–H and O–H groups in total. The Morgan fingerprint density at radius 1 is 1.12 bits per heavy atom. The summed E-state index contributed by atoms with van der Waals surface area (Å²) in [7, 11) is 2.00. The minimum atomic E-state index is 1.04. The molecular weight excluding hydrogens is 226 g/mol. The Kier molecular flexibility index (Phi) is 3.97. The number of hydrogen-bond donors (Lipinski definition) is 1. The molecule has 0 atom stereocenters. The average molecular weight is 245 g/mol. The zero-order valence-corrected chi connectivity index (χ0v) is 11.5. The van der Waals surface area contributed by atoms with Gasteiger partial charge in [0.15, 0.2) is 0 Å². The van der Waals surface area contributed by atoms with Crippen molar-refractivity contribution in [3.05, 3.63) is 46.3 Å². The summed E-state index contributed by atoms with van der Waals surface area (Å²) in [6.07, 6.45) is 1.11. The molecule has 0 bridgehead atoms. The Balaban J connectivity index is 2.21. The molecule has 0 aliphatic rings. The van der Waals surface area contributed by atoms with E-state index in [1.165, 1.54) is 27.1 Å². The lowest BCUT2D eigenvalue weighted by Gasteiger charge is -2.02. The minimum absolute atomic E-state index is 1.04. The van der Waals surface area contributed by atoms with Crippen molar-refractivity contribution in [2.24, 2.45) is 0 Å². The van der Waals surface area contributed by atoms with Gasteiger partial charge in [0.2, 0.25) is 0 Å². The predicted octanol–water partition coefficient (Wildman–Crippen LogP) is 3.79. The third-order valence-corrected chi connectivity index (χ3v) is 4.14. The highest BCUT2D eigenvalue weighted by Gasteiger charge is 2.03. The third kappa shape index (κ3) is 2.96. The van der Waals surface area contributed by atoms with E-state index in [4.69, 9.17) is 0 Å². The number of nitrogens with one attached hydrogen (secondary N) is 1. The molecule has 90 valence electrons. The summed E-state index contributed by atoms with van der Waals surface area (Å²) < 4.78 is 0. The van der Waals surface area contributed by atoms with E-state index in [1.54, 1.807) is 0 Å². The molecule has 2 aromatic rings. The SMILES string of the molecule is CNCCc1csc(-c2ccc(C)c(C)c2)c1. The molecule has 2 heteroatoms. The van der Waals surface area contributed by atoms with Crippen LogP contribution in [-0.4, -0.2) is 13.6 Å². The maximum Gasteiger partial charge on any atom is 0.0345 e. The molecule has 0 radical (unpaired) electrons. The smallest absolute Gasteiger partial charge is 0.0345 e. The fourth-order valence-corrected chi connectivity index (χ4v) is 2.77. The van der Waals surface area contributed by atoms with Gasteiger partial charge in [-0.15, -0.1) is 11.3 Å². The lowest BCUT2D eigenvalue weighted by atomic mass is 10.0. The topological polar surface area (TPSA) is 12.0 Å². The van der Waals surface area contributed by atoms with Gasteiger partial charge in [-0.1, -0.05) is 18.2 Å². The number of benzene rings is 1. The van der Waals surface area contributed by atoms with Crippen LogP contribution in [0.4, 0.5) is 0 Å². The molecule has 0 amide bonds. The maximum atomic E-state index is 3.19. The van der Waals surface area contributed by atoms with E-state index >= 15 is 0 Å². The molecule has 17 heavy (non-hydrogen) atoms. The van der Waals surface area contributed by atoms with Gasteiger partial charge in [-0.05, 0) is 67.6 Å². The molecule has 1 aromatic carbocycles. The fourth-order valence-electron chi connectivity index (χ4n) is 1.82. The van der Waals surface area contributed by atoms with Crippen molar-refractivity contribution in [1.29, 1.82) is 0 Å². The number of likely N-dealkylation sites (N-methyl/N-ethyl adjacent to an activating group) is 1. The first-order valence-electron chi connectivity index (χ1n) is 6.00. The van der Waals surface area contributed by atoms with Crippen molar-refractivity contribution >= 4 is 11.3 Å². The molecule has 0 spiro atoms. The van der Waals surface area contributed by atoms with E-state index in [0.29, 0.717) is 0 Å². The Labute approximate surface area is 108 Å². The predicted molar refractivity (Wildman–Crippen MR) is 76.9 cm³/mol. The first-order chi connectivity index (χ1) is 8.20. The summed E-state index contributed by atoms with van der Waals surface area (Å²) in [5.74, 6) is 0. The van der Waals surface area contributed by atoms with E-state index in [9.17, 15) is 0 Å². The Morgan fingerprint density at radius 3 is 2.65 bits per heavy atom. The van der Waals surface area contributed by atoms with Crippen LogP contribution in [-0.2, 0) is 6.42 Å². The summed E-state index contributed by atoms with van der Waals surface area (Å²) in [6.45, 7) is 5.38. The lowest BCUT2D eigenvalue weighted by Crippen LogP contribution is -2.09. The second-order valence-corrected chi connectivity index (χ2v) is 5.38. The summed E-state index contributed by atoms with van der Waals surface area (Å²) in [4.78, 5) is 1.37.